The lowest BCUT2D eigenvalue weighted by molar-refractivity contribution is 0.463. The SMILES string of the molecule is O=C=NCc1cc2c(c(Br)c1O)CCCCC2. The van der Waals surface area contributed by atoms with Crippen molar-refractivity contribution in [3.8, 4) is 5.75 Å². The van der Waals surface area contributed by atoms with Crippen LogP contribution in [0.5, 0.6) is 5.75 Å². The first kappa shape index (κ1) is 12.3. The van der Waals surface area contributed by atoms with E-state index >= 15 is 0 Å². The van der Waals surface area contributed by atoms with Gasteiger partial charge in [-0.2, -0.15) is 0 Å². The van der Waals surface area contributed by atoms with Gasteiger partial charge in [0.15, 0.2) is 0 Å². The summed E-state index contributed by atoms with van der Waals surface area (Å²) in [5, 5.41) is 10.0. The number of fused-ring (bicyclic) bond motifs is 1. The van der Waals surface area contributed by atoms with Crippen molar-refractivity contribution in [3.63, 3.8) is 0 Å². The number of aromatic hydroxyl groups is 1. The highest BCUT2D eigenvalue weighted by atomic mass is 79.9. The van der Waals surface area contributed by atoms with Crippen LogP contribution in [0, 0.1) is 0 Å². The normalized spacial score (nSPS) is 14.6. The molecule has 0 bridgehead atoms. The van der Waals surface area contributed by atoms with Crippen LogP contribution in [-0.2, 0) is 24.2 Å². The molecule has 0 radical (unpaired) electrons. The van der Waals surface area contributed by atoms with E-state index in [9.17, 15) is 9.90 Å². The highest BCUT2D eigenvalue weighted by Gasteiger charge is 2.17. The highest BCUT2D eigenvalue weighted by Crippen LogP contribution is 2.37. The first-order valence-corrected chi connectivity index (χ1v) is 6.59. The second-order valence-corrected chi connectivity index (χ2v) is 5.10. The molecule has 0 aromatic heterocycles. The fourth-order valence-electron chi connectivity index (χ4n) is 2.32. The number of aliphatic imine (C=N–C) groups is 1. The van der Waals surface area contributed by atoms with Crippen LogP contribution in [0.25, 0.3) is 0 Å². The van der Waals surface area contributed by atoms with Gasteiger partial charge in [-0.25, -0.2) is 9.79 Å². The second kappa shape index (κ2) is 5.48. The number of nitrogens with zero attached hydrogens (tertiary/aromatic N) is 1. The van der Waals surface area contributed by atoms with Crippen molar-refractivity contribution in [2.24, 2.45) is 4.99 Å². The van der Waals surface area contributed by atoms with Crippen LogP contribution in [0.3, 0.4) is 0 Å². The van der Waals surface area contributed by atoms with Gasteiger partial charge < -0.3 is 5.11 Å². The molecule has 1 N–H and O–H groups in total. The molecule has 0 atom stereocenters. The number of halogens is 1. The minimum Gasteiger partial charge on any atom is -0.506 e. The molecule has 0 unspecified atom stereocenters. The van der Waals surface area contributed by atoms with Gasteiger partial charge in [-0.3, -0.25) is 0 Å². The van der Waals surface area contributed by atoms with E-state index in [-0.39, 0.29) is 12.3 Å². The molecule has 0 heterocycles. The maximum atomic E-state index is 10.1. The van der Waals surface area contributed by atoms with Gasteiger partial charge in [-0.1, -0.05) is 6.42 Å². The summed E-state index contributed by atoms with van der Waals surface area (Å²) >= 11 is 3.45. The molecule has 1 aliphatic rings. The molecule has 0 spiro atoms. The van der Waals surface area contributed by atoms with Gasteiger partial charge >= 0.3 is 0 Å². The van der Waals surface area contributed by atoms with E-state index in [1.165, 1.54) is 30.0 Å². The number of carbonyl (C=O) groups excluding carboxylic acids is 1. The molecule has 17 heavy (non-hydrogen) atoms. The summed E-state index contributed by atoms with van der Waals surface area (Å²) in [5.41, 5.74) is 3.17. The Morgan fingerprint density at radius 1 is 1.35 bits per heavy atom. The first-order chi connectivity index (χ1) is 8.24. The van der Waals surface area contributed by atoms with Crippen LogP contribution >= 0.6 is 15.9 Å². The minimum atomic E-state index is 0.196. The number of benzene rings is 1. The van der Waals surface area contributed by atoms with E-state index in [1.807, 2.05) is 6.07 Å². The molecule has 1 aromatic carbocycles. The van der Waals surface area contributed by atoms with Crippen molar-refractivity contribution in [1.82, 2.24) is 0 Å². The maximum absolute atomic E-state index is 10.1. The van der Waals surface area contributed by atoms with Gasteiger partial charge in [0, 0.05) is 5.56 Å². The number of hydrogen-bond donors (Lipinski definition) is 1. The lowest BCUT2D eigenvalue weighted by Crippen LogP contribution is -1.97. The van der Waals surface area contributed by atoms with Crippen LogP contribution in [0.4, 0.5) is 0 Å². The molecular weight excluding hydrogens is 282 g/mol. The Kier molecular flexibility index (Phi) is 3.97. The van der Waals surface area contributed by atoms with Crippen LogP contribution in [0.15, 0.2) is 15.5 Å². The summed E-state index contributed by atoms with van der Waals surface area (Å²) < 4.78 is 0.771. The largest absolute Gasteiger partial charge is 0.506 e. The predicted molar refractivity (Wildman–Crippen MR) is 68.9 cm³/mol. The van der Waals surface area contributed by atoms with Crippen LogP contribution in [0.2, 0.25) is 0 Å². The van der Waals surface area contributed by atoms with E-state index in [2.05, 4.69) is 20.9 Å². The number of isocyanates is 1. The van der Waals surface area contributed by atoms with Crippen molar-refractivity contribution in [1.29, 1.82) is 0 Å². The summed E-state index contributed by atoms with van der Waals surface area (Å²) in [4.78, 5) is 13.7. The van der Waals surface area contributed by atoms with Crippen molar-refractivity contribution >= 4 is 22.0 Å². The molecule has 3 nitrogen and oxygen atoms in total. The molecule has 0 saturated heterocycles. The molecule has 90 valence electrons. The molecule has 4 heteroatoms. The third-order valence-corrected chi connectivity index (χ3v) is 4.05. The average Bonchev–Trinajstić information content (AvgIpc) is 2.57. The van der Waals surface area contributed by atoms with Crippen molar-refractivity contribution < 1.29 is 9.90 Å². The van der Waals surface area contributed by atoms with Crippen LogP contribution in [-0.4, -0.2) is 11.2 Å². The summed E-state index contributed by atoms with van der Waals surface area (Å²) in [5.74, 6) is 0.213. The Morgan fingerprint density at radius 3 is 2.88 bits per heavy atom. The van der Waals surface area contributed by atoms with E-state index < -0.39 is 0 Å². The quantitative estimate of drug-likeness (QED) is 0.517. The van der Waals surface area contributed by atoms with Gasteiger partial charge in [0.25, 0.3) is 0 Å². The fourth-order valence-corrected chi connectivity index (χ4v) is 3.02. The third-order valence-electron chi connectivity index (χ3n) is 3.20. The molecule has 1 aliphatic carbocycles. The molecular formula is C13H14BrNO2. The smallest absolute Gasteiger partial charge is 0.235 e. The zero-order valence-corrected chi connectivity index (χ0v) is 11.1. The Balaban J connectivity index is 2.46. The Hall–Kier alpha value is -1.12. The molecule has 0 aliphatic heterocycles. The van der Waals surface area contributed by atoms with E-state index in [0.29, 0.717) is 5.56 Å². The monoisotopic (exact) mass is 295 g/mol. The van der Waals surface area contributed by atoms with E-state index in [1.54, 1.807) is 0 Å². The van der Waals surface area contributed by atoms with Gasteiger partial charge in [0.2, 0.25) is 6.08 Å². The van der Waals surface area contributed by atoms with Crippen molar-refractivity contribution in [2.75, 3.05) is 0 Å². The maximum Gasteiger partial charge on any atom is 0.235 e. The summed E-state index contributed by atoms with van der Waals surface area (Å²) in [6.45, 7) is 0.196. The van der Waals surface area contributed by atoms with Crippen LogP contribution < -0.4 is 0 Å². The number of phenolic OH excluding ortho intramolecular Hbond substituents is 1. The molecule has 1 aromatic rings. The van der Waals surface area contributed by atoms with Crippen molar-refractivity contribution in [3.05, 3.63) is 27.2 Å². The molecule has 0 saturated carbocycles. The number of phenols is 1. The Bertz CT molecular complexity index is 479. The zero-order valence-electron chi connectivity index (χ0n) is 9.50. The fraction of sp³-hybridized carbons (Fsp3) is 0.462. The Labute approximate surface area is 109 Å². The van der Waals surface area contributed by atoms with E-state index in [4.69, 9.17) is 0 Å². The summed E-state index contributed by atoms with van der Waals surface area (Å²) in [6.07, 6.45) is 7.11. The third kappa shape index (κ3) is 2.59. The minimum absolute atomic E-state index is 0.196. The zero-order chi connectivity index (χ0) is 12.3. The number of rotatable bonds is 2. The topological polar surface area (TPSA) is 49.7 Å². The van der Waals surface area contributed by atoms with Gasteiger partial charge in [0.1, 0.15) is 5.75 Å². The van der Waals surface area contributed by atoms with Crippen LogP contribution in [0.1, 0.15) is 36.0 Å². The highest BCUT2D eigenvalue weighted by molar-refractivity contribution is 9.10. The van der Waals surface area contributed by atoms with Gasteiger partial charge in [-0.05, 0) is 58.8 Å². The standard InChI is InChI=1S/C13H14BrNO2/c14-12-11-5-3-1-2-4-9(11)6-10(13(12)17)7-15-8-16/h6,17H,1-5,7H2. The van der Waals surface area contributed by atoms with Gasteiger partial charge in [-0.15, -0.1) is 0 Å². The number of hydrogen-bond acceptors (Lipinski definition) is 3. The molecule has 0 amide bonds. The summed E-state index contributed by atoms with van der Waals surface area (Å²) in [6, 6.07) is 1.97. The average molecular weight is 296 g/mol. The lowest BCUT2D eigenvalue weighted by Gasteiger charge is -2.13. The second-order valence-electron chi connectivity index (χ2n) is 4.30. The molecule has 0 fully saturated rings. The summed E-state index contributed by atoms with van der Waals surface area (Å²) in [7, 11) is 0. The number of aryl methyl sites for hydroxylation is 1. The Morgan fingerprint density at radius 2 is 2.12 bits per heavy atom. The predicted octanol–water partition coefficient (Wildman–Crippen LogP) is 3.26. The molecule has 2 rings (SSSR count). The first-order valence-electron chi connectivity index (χ1n) is 5.79. The van der Waals surface area contributed by atoms with Crippen molar-refractivity contribution in [2.45, 2.75) is 38.6 Å². The van der Waals surface area contributed by atoms with Gasteiger partial charge in [0.05, 0.1) is 11.0 Å². The van der Waals surface area contributed by atoms with E-state index in [0.717, 1.165) is 23.7 Å². The lowest BCUT2D eigenvalue weighted by atomic mass is 9.99.